The summed E-state index contributed by atoms with van der Waals surface area (Å²) in [5.41, 5.74) is 0.924. The molecule has 0 bridgehead atoms. The van der Waals surface area contributed by atoms with Crippen molar-refractivity contribution < 1.29 is 13.2 Å². The minimum absolute atomic E-state index is 0.0188. The van der Waals surface area contributed by atoms with Gasteiger partial charge in [0, 0.05) is 18.8 Å². The lowest BCUT2D eigenvalue weighted by molar-refractivity contribution is -0.148. The van der Waals surface area contributed by atoms with Crippen LogP contribution in [-0.4, -0.2) is 28.6 Å². The molecule has 0 spiro atoms. The molecule has 18 heavy (non-hydrogen) atoms. The van der Waals surface area contributed by atoms with Crippen molar-refractivity contribution in [2.24, 2.45) is 0 Å². The van der Waals surface area contributed by atoms with Gasteiger partial charge in [0.2, 0.25) is 0 Å². The maximum absolute atomic E-state index is 12.4. The van der Waals surface area contributed by atoms with E-state index in [4.69, 9.17) is 5.26 Å². The van der Waals surface area contributed by atoms with Crippen molar-refractivity contribution in [2.75, 3.05) is 6.54 Å². The van der Waals surface area contributed by atoms with Crippen LogP contribution in [0, 0.1) is 11.3 Å². The van der Waals surface area contributed by atoms with E-state index in [1.807, 2.05) is 6.07 Å². The minimum Gasteiger partial charge on any atom is -0.288 e. The number of nitriles is 1. The van der Waals surface area contributed by atoms with Crippen LogP contribution in [-0.2, 0) is 6.54 Å². The highest BCUT2D eigenvalue weighted by Crippen LogP contribution is 2.31. The van der Waals surface area contributed by atoms with Gasteiger partial charge in [0.25, 0.3) is 0 Å². The molecule has 0 saturated heterocycles. The van der Waals surface area contributed by atoms with E-state index >= 15 is 0 Å². The van der Waals surface area contributed by atoms with E-state index in [0.29, 0.717) is 5.56 Å². The summed E-state index contributed by atoms with van der Waals surface area (Å²) in [6.45, 7) is -0.691. The maximum atomic E-state index is 12.4. The first-order chi connectivity index (χ1) is 8.48. The molecule has 0 atom stereocenters. The molecule has 0 amide bonds. The van der Waals surface area contributed by atoms with Gasteiger partial charge in [0.1, 0.15) is 11.8 Å². The second-order valence-corrected chi connectivity index (χ2v) is 4.41. The van der Waals surface area contributed by atoms with Crippen molar-refractivity contribution in [1.82, 2.24) is 9.88 Å². The third-order valence-corrected chi connectivity index (χ3v) is 2.77. The zero-order valence-corrected chi connectivity index (χ0v) is 9.61. The Hall–Kier alpha value is -1.61. The summed E-state index contributed by atoms with van der Waals surface area (Å²) >= 11 is 0. The molecule has 0 radical (unpaired) electrons. The van der Waals surface area contributed by atoms with E-state index in [1.165, 1.54) is 17.2 Å². The molecule has 1 heterocycles. The fourth-order valence-electron chi connectivity index (χ4n) is 1.85. The van der Waals surface area contributed by atoms with E-state index < -0.39 is 12.7 Å². The van der Waals surface area contributed by atoms with Gasteiger partial charge >= 0.3 is 6.18 Å². The minimum atomic E-state index is -4.19. The Morgan fingerprint density at radius 1 is 1.44 bits per heavy atom. The molecule has 6 heteroatoms. The number of nitrogens with zero attached hydrogens (tertiary/aromatic N) is 3. The van der Waals surface area contributed by atoms with Gasteiger partial charge in [-0.3, -0.25) is 4.90 Å². The monoisotopic (exact) mass is 255 g/mol. The van der Waals surface area contributed by atoms with Gasteiger partial charge in [0.05, 0.1) is 6.54 Å². The normalized spacial score (nSPS) is 15.7. The van der Waals surface area contributed by atoms with Crippen molar-refractivity contribution in [3.8, 4) is 6.07 Å². The molecule has 1 aliphatic carbocycles. The zero-order chi connectivity index (χ0) is 13.2. The number of rotatable bonds is 4. The van der Waals surface area contributed by atoms with Crippen LogP contribution in [0.15, 0.2) is 18.3 Å². The van der Waals surface area contributed by atoms with Crippen molar-refractivity contribution in [3.63, 3.8) is 0 Å². The maximum Gasteiger partial charge on any atom is 0.401 e. The van der Waals surface area contributed by atoms with E-state index in [2.05, 4.69) is 4.98 Å². The van der Waals surface area contributed by atoms with Crippen LogP contribution in [0.5, 0.6) is 0 Å². The van der Waals surface area contributed by atoms with Crippen LogP contribution in [0.2, 0.25) is 0 Å². The molecule has 3 nitrogen and oxygen atoms in total. The average Bonchev–Trinajstić information content (AvgIpc) is 3.10. The Bertz CT molecular complexity index is 460. The molecular formula is C12H12F3N3. The molecule has 1 aliphatic rings. The smallest absolute Gasteiger partial charge is 0.288 e. The van der Waals surface area contributed by atoms with Gasteiger partial charge in [0.15, 0.2) is 0 Å². The first kappa shape index (κ1) is 12.8. The predicted octanol–water partition coefficient (Wildman–Crippen LogP) is 2.48. The SMILES string of the molecule is N#Cc1cc(CN(CC(F)(F)F)C2CC2)ccn1. The number of alkyl halides is 3. The second-order valence-electron chi connectivity index (χ2n) is 4.41. The highest BCUT2D eigenvalue weighted by atomic mass is 19.4. The molecule has 96 valence electrons. The molecule has 1 aromatic heterocycles. The Morgan fingerprint density at radius 3 is 2.72 bits per heavy atom. The quantitative estimate of drug-likeness (QED) is 0.829. The molecule has 1 saturated carbocycles. The summed E-state index contributed by atoms with van der Waals surface area (Å²) in [7, 11) is 0. The van der Waals surface area contributed by atoms with Gasteiger partial charge < -0.3 is 0 Å². The summed E-state index contributed by atoms with van der Waals surface area (Å²) in [6, 6.07) is 5.08. The Morgan fingerprint density at radius 2 is 2.17 bits per heavy atom. The van der Waals surface area contributed by atoms with Gasteiger partial charge in [-0.1, -0.05) is 0 Å². The highest BCUT2D eigenvalue weighted by molar-refractivity contribution is 5.25. The third-order valence-electron chi connectivity index (χ3n) is 2.77. The Balaban J connectivity index is 2.06. The molecule has 1 fully saturated rings. The van der Waals surface area contributed by atoms with Crippen molar-refractivity contribution in [1.29, 1.82) is 5.26 Å². The third kappa shape index (κ3) is 3.70. The molecule has 0 aliphatic heterocycles. The summed E-state index contributed by atoms with van der Waals surface area (Å²) in [5, 5.41) is 8.70. The number of hydrogen-bond donors (Lipinski definition) is 0. The Kier molecular flexibility index (Phi) is 3.53. The molecule has 2 rings (SSSR count). The fourth-order valence-corrected chi connectivity index (χ4v) is 1.85. The van der Waals surface area contributed by atoms with Crippen molar-refractivity contribution >= 4 is 0 Å². The number of pyridine rings is 1. The van der Waals surface area contributed by atoms with Gasteiger partial charge in [-0.2, -0.15) is 18.4 Å². The topological polar surface area (TPSA) is 39.9 Å². The van der Waals surface area contributed by atoms with Crippen LogP contribution >= 0.6 is 0 Å². The summed E-state index contributed by atoms with van der Waals surface area (Å²) < 4.78 is 37.3. The first-order valence-corrected chi connectivity index (χ1v) is 5.64. The standard InChI is InChI=1S/C12H12F3N3/c13-12(14,15)8-18(11-1-2-11)7-9-3-4-17-10(5-9)6-16/h3-5,11H,1-2,7-8H2. The van der Waals surface area contributed by atoms with Crippen LogP contribution < -0.4 is 0 Å². The largest absolute Gasteiger partial charge is 0.401 e. The van der Waals surface area contributed by atoms with E-state index in [-0.39, 0.29) is 18.3 Å². The Labute approximate surface area is 103 Å². The zero-order valence-electron chi connectivity index (χ0n) is 9.61. The number of aromatic nitrogens is 1. The summed E-state index contributed by atoms with van der Waals surface area (Å²) in [6.07, 6.45) is -1.11. The van der Waals surface area contributed by atoms with Crippen LogP contribution in [0.4, 0.5) is 13.2 Å². The summed E-state index contributed by atoms with van der Waals surface area (Å²) in [5.74, 6) is 0. The molecule has 0 unspecified atom stereocenters. The molecule has 1 aromatic rings. The van der Waals surface area contributed by atoms with E-state index in [0.717, 1.165) is 12.8 Å². The molecular weight excluding hydrogens is 243 g/mol. The van der Waals surface area contributed by atoms with E-state index in [1.54, 1.807) is 6.07 Å². The number of halogens is 3. The van der Waals surface area contributed by atoms with Crippen molar-refractivity contribution in [3.05, 3.63) is 29.6 Å². The second kappa shape index (κ2) is 4.94. The molecule has 0 N–H and O–H groups in total. The van der Waals surface area contributed by atoms with Gasteiger partial charge in [-0.15, -0.1) is 0 Å². The lowest BCUT2D eigenvalue weighted by atomic mass is 10.2. The van der Waals surface area contributed by atoms with Gasteiger partial charge in [-0.25, -0.2) is 4.98 Å². The van der Waals surface area contributed by atoms with Crippen LogP contribution in [0.1, 0.15) is 24.1 Å². The van der Waals surface area contributed by atoms with Crippen molar-refractivity contribution in [2.45, 2.75) is 31.6 Å². The van der Waals surface area contributed by atoms with Gasteiger partial charge in [-0.05, 0) is 30.5 Å². The predicted molar refractivity (Wildman–Crippen MR) is 58.4 cm³/mol. The number of hydrogen-bond acceptors (Lipinski definition) is 3. The van der Waals surface area contributed by atoms with E-state index in [9.17, 15) is 13.2 Å². The highest BCUT2D eigenvalue weighted by Gasteiger charge is 2.37. The fraction of sp³-hybridized carbons (Fsp3) is 0.500. The van der Waals surface area contributed by atoms with Crippen LogP contribution in [0.25, 0.3) is 0 Å². The average molecular weight is 255 g/mol. The first-order valence-electron chi connectivity index (χ1n) is 5.64. The lowest BCUT2D eigenvalue weighted by Gasteiger charge is -2.23. The summed E-state index contributed by atoms with van der Waals surface area (Å²) in [4.78, 5) is 5.21. The lowest BCUT2D eigenvalue weighted by Crippen LogP contribution is -2.35. The van der Waals surface area contributed by atoms with Crippen LogP contribution in [0.3, 0.4) is 0 Å². The molecule has 0 aromatic carbocycles.